The molecule has 28 heavy (non-hydrogen) atoms. The van der Waals surface area contributed by atoms with Crippen LogP contribution in [0.2, 0.25) is 0 Å². The molecule has 1 heterocycles. The number of ether oxygens (including phenoxy) is 1. The van der Waals surface area contributed by atoms with Crippen LogP contribution in [0.15, 0.2) is 36.4 Å². The highest BCUT2D eigenvalue weighted by atomic mass is 32.1. The Labute approximate surface area is 164 Å². The van der Waals surface area contributed by atoms with Gasteiger partial charge in [0.1, 0.15) is 5.82 Å². The third kappa shape index (κ3) is 3.64. The van der Waals surface area contributed by atoms with Crippen molar-refractivity contribution in [3.05, 3.63) is 53.6 Å². The van der Waals surface area contributed by atoms with Gasteiger partial charge in [-0.2, -0.15) is 0 Å². The van der Waals surface area contributed by atoms with Crippen LogP contribution in [0.5, 0.6) is 5.75 Å². The second-order valence-corrected chi connectivity index (χ2v) is 7.74. The van der Waals surface area contributed by atoms with Crippen molar-refractivity contribution in [2.75, 3.05) is 12.4 Å². The number of thiazole rings is 1. The summed E-state index contributed by atoms with van der Waals surface area (Å²) in [4.78, 5) is 17.2. The number of nitrogens with zero attached hydrogens (tertiary/aromatic N) is 1. The molecule has 1 aliphatic rings. The number of hydrogen-bond acceptors (Lipinski definition) is 5. The van der Waals surface area contributed by atoms with E-state index in [0.29, 0.717) is 5.13 Å². The van der Waals surface area contributed by atoms with E-state index >= 15 is 0 Å². The van der Waals surface area contributed by atoms with E-state index in [4.69, 9.17) is 4.74 Å². The molecule has 0 spiro atoms. The first kappa shape index (κ1) is 18.6. The standard InChI is InChI=1S/C20H19F2N3O2S/c1-27-18-12(4-2-5-13(18)22)19(26)23-14-6-3-7-15(14)24-20-25-16-9-8-11(21)10-17(16)28-20/h2,4-5,8-10,14-15H,3,6-7H2,1H3,(H,23,26)(H,24,25)/t14-,15-/m0/s1. The largest absolute Gasteiger partial charge is 0.493 e. The lowest BCUT2D eigenvalue weighted by Crippen LogP contribution is -2.43. The van der Waals surface area contributed by atoms with Gasteiger partial charge in [0.15, 0.2) is 16.7 Å². The van der Waals surface area contributed by atoms with E-state index in [2.05, 4.69) is 15.6 Å². The number of methoxy groups -OCH3 is 1. The van der Waals surface area contributed by atoms with Crippen LogP contribution in [-0.2, 0) is 0 Å². The predicted molar refractivity (Wildman–Crippen MR) is 105 cm³/mol. The van der Waals surface area contributed by atoms with Crippen molar-refractivity contribution in [2.24, 2.45) is 0 Å². The molecule has 1 aliphatic carbocycles. The molecule has 2 atom stereocenters. The van der Waals surface area contributed by atoms with Crippen LogP contribution in [0.4, 0.5) is 13.9 Å². The summed E-state index contributed by atoms with van der Waals surface area (Å²) in [5, 5.41) is 7.03. The zero-order valence-electron chi connectivity index (χ0n) is 15.2. The van der Waals surface area contributed by atoms with Gasteiger partial charge in [0, 0.05) is 12.1 Å². The highest BCUT2D eigenvalue weighted by Gasteiger charge is 2.30. The van der Waals surface area contributed by atoms with E-state index < -0.39 is 5.82 Å². The number of para-hydroxylation sites is 1. The van der Waals surface area contributed by atoms with Crippen LogP contribution in [0, 0.1) is 11.6 Å². The molecule has 3 aromatic rings. The Bertz CT molecular complexity index is 1020. The van der Waals surface area contributed by atoms with E-state index in [9.17, 15) is 13.6 Å². The molecule has 0 saturated heterocycles. The van der Waals surface area contributed by atoms with Gasteiger partial charge >= 0.3 is 0 Å². The van der Waals surface area contributed by atoms with Crippen molar-refractivity contribution in [1.29, 1.82) is 0 Å². The molecule has 2 aromatic carbocycles. The van der Waals surface area contributed by atoms with Gasteiger partial charge in [-0.3, -0.25) is 4.79 Å². The molecule has 2 N–H and O–H groups in total. The van der Waals surface area contributed by atoms with Crippen LogP contribution in [0.3, 0.4) is 0 Å². The maximum Gasteiger partial charge on any atom is 0.255 e. The van der Waals surface area contributed by atoms with E-state index in [0.717, 1.165) is 29.5 Å². The third-order valence-corrected chi connectivity index (χ3v) is 5.86. The highest BCUT2D eigenvalue weighted by Crippen LogP contribution is 2.30. The number of rotatable bonds is 5. The average Bonchev–Trinajstić information content (AvgIpc) is 3.27. The highest BCUT2D eigenvalue weighted by molar-refractivity contribution is 7.22. The summed E-state index contributed by atoms with van der Waals surface area (Å²) in [7, 11) is 1.34. The van der Waals surface area contributed by atoms with Crippen molar-refractivity contribution >= 4 is 32.6 Å². The fourth-order valence-corrected chi connectivity index (χ4v) is 4.52. The lowest BCUT2D eigenvalue weighted by molar-refractivity contribution is 0.0932. The van der Waals surface area contributed by atoms with Gasteiger partial charge in [-0.05, 0) is 49.6 Å². The molecule has 0 aliphatic heterocycles. The van der Waals surface area contributed by atoms with Crippen LogP contribution in [-0.4, -0.2) is 30.1 Å². The minimum absolute atomic E-state index is 0.00564. The second-order valence-electron chi connectivity index (χ2n) is 6.71. The van der Waals surface area contributed by atoms with Crippen LogP contribution in [0.25, 0.3) is 10.2 Å². The zero-order valence-corrected chi connectivity index (χ0v) is 16.0. The van der Waals surface area contributed by atoms with Gasteiger partial charge in [-0.15, -0.1) is 0 Å². The Kier molecular flexibility index (Phi) is 5.13. The summed E-state index contributed by atoms with van der Waals surface area (Å²) in [5.41, 5.74) is 0.903. The molecule has 146 valence electrons. The summed E-state index contributed by atoms with van der Waals surface area (Å²) < 4.78 is 33.1. The Hall–Kier alpha value is -2.74. The minimum atomic E-state index is -0.571. The number of carbonyl (C=O) groups is 1. The van der Waals surface area contributed by atoms with Crippen LogP contribution < -0.4 is 15.4 Å². The summed E-state index contributed by atoms with van der Waals surface area (Å²) in [6.45, 7) is 0. The lowest BCUT2D eigenvalue weighted by Gasteiger charge is -2.22. The predicted octanol–water partition coefficient (Wildman–Crippen LogP) is 4.35. The Balaban J connectivity index is 1.49. The maximum absolute atomic E-state index is 13.9. The molecule has 4 rings (SSSR count). The number of anilines is 1. The number of amides is 1. The maximum atomic E-state index is 13.9. The van der Waals surface area contributed by atoms with Crippen molar-refractivity contribution in [1.82, 2.24) is 10.3 Å². The van der Waals surface area contributed by atoms with Gasteiger partial charge in [-0.25, -0.2) is 13.8 Å². The van der Waals surface area contributed by atoms with Crippen molar-refractivity contribution in [2.45, 2.75) is 31.3 Å². The zero-order chi connectivity index (χ0) is 19.7. The van der Waals surface area contributed by atoms with Crippen molar-refractivity contribution < 1.29 is 18.3 Å². The van der Waals surface area contributed by atoms with Gasteiger partial charge in [-0.1, -0.05) is 17.4 Å². The van der Waals surface area contributed by atoms with E-state index in [1.54, 1.807) is 6.07 Å². The van der Waals surface area contributed by atoms with Crippen LogP contribution >= 0.6 is 11.3 Å². The Morgan fingerprint density at radius 3 is 2.86 bits per heavy atom. The molecule has 0 radical (unpaired) electrons. The van der Waals surface area contributed by atoms with Crippen molar-refractivity contribution in [3.63, 3.8) is 0 Å². The fourth-order valence-electron chi connectivity index (χ4n) is 3.57. The molecular weight excluding hydrogens is 384 g/mol. The van der Waals surface area contributed by atoms with Crippen molar-refractivity contribution in [3.8, 4) is 5.75 Å². The number of benzene rings is 2. The third-order valence-electron chi connectivity index (χ3n) is 4.91. The number of aromatic nitrogens is 1. The molecule has 5 nitrogen and oxygen atoms in total. The molecule has 0 unspecified atom stereocenters. The van der Waals surface area contributed by atoms with E-state index in [-0.39, 0.29) is 35.1 Å². The van der Waals surface area contributed by atoms with Gasteiger partial charge in [0.25, 0.3) is 5.91 Å². The number of hydrogen-bond donors (Lipinski definition) is 2. The minimum Gasteiger partial charge on any atom is -0.493 e. The quantitative estimate of drug-likeness (QED) is 0.665. The molecule has 1 amide bonds. The topological polar surface area (TPSA) is 63.2 Å². The molecular formula is C20H19F2N3O2S. The normalized spacial score (nSPS) is 19.0. The summed E-state index contributed by atoms with van der Waals surface area (Å²) in [5.74, 6) is -1.30. The van der Waals surface area contributed by atoms with Gasteiger partial charge in [0.05, 0.1) is 22.9 Å². The Morgan fingerprint density at radius 2 is 2.04 bits per heavy atom. The first-order valence-electron chi connectivity index (χ1n) is 9.01. The SMILES string of the molecule is COc1c(F)cccc1C(=O)N[C@H]1CCC[C@@H]1Nc1nc2ccc(F)cc2s1. The summed E-state index contributed by atoms with van der Waals surface area (Å²) in [6.07, 6.45) is 2.62. The lowest BCUT2D eigenvalue weighted by atomic mass is 10.1. The molecule has 1 saturated carbocycles. The van der Waals surface area contributed by atoms with Crippen LogP contribution in [0.1, 0.15) is 29.6 Å². The van der Waals surface area contributed by atoms with Gasteiger partial charge < -0.3 is 15.4 Å². The van der Waals surface area contributed by atoms with E-state index in [1.807, 2.05) is 0 Å². The monoisotopic (exact) mass is 403 g/mol. The fraction of sp³-hybridized carbons (Fsp3) is 0.300. The molecule has 1 aromatic heterocycles. The summed E-state index contributed by atoms with van der Waals surface area (Å²) in [6, 6.07) is 8.65. The summed E-state index contributed by atoms with van der Waals surface area (Å²) >= 11 is 1.38. The molecule has 1 fully saturated rings. The molecule has 8 heteroatoms. The number of fused-ring (bicyclic) bond motifs is 1. The average molecular weight is 403 g/mol. The first-order valence-corrected chi connectivity index (χ1v) is 9.83. The number of nitrogens with one attached hydrogen (secondary N) is 2. The Morgan fingerprint density at radius 1 is 1.21 bits per heavy atom. The number of carbonyl (C=O) groups excluding carboxylic acids is 1. The van der Waals surface area contributed by atoms with E-state index in [1.165, 1.54) is 48.8 Å². The second kappa shape index (κ2) is 7.71. The smallest absolute Gasteiger partial charge is 0.255 e. The first-order chi connectivity index (χ1) is 13.5. The van der Waals surface area contributed by atoms with Gasteiger partial charge in [0.2, 0.25) is 0 Å². The molecule has 0 bridgehead atoms. The number of halogens is 2.